The second-order valence-corrected chi connectivity index (χ2v) is 6.46. The number of aryl methyl sites for hydroxylation is 2. The highest BCUT2D eigenvalue weighted by atomic mass is 79.9. The molecule has 0 saturated carbocycles. The molecule has 6 heteroatoms. The first-order chi connectivity index (χ1) is 8.02. The summed E-state index contributed by atoms with van der Waals surface area (Å²) in [5.74, 6) is 1.57. The van der Waals surface area contributed by atoms with E-state index in [-0.39, 0.29) is 0 Å². The van der Waals surface area contributed by atoms with E-state index in [1.807, 2.05) is 14.0 Å². The van der Waals surface area contributed by atoms with Gasteiger partial charge in [-0.1, -0.05) is 0 Å². The van der Waals surface area contributed by atoms with Gasteiger partial charge in [-0.05, 0) is 51.8 Å². The second kappa shape index (κ2) is 5.04. The van der Waals surface area contributed by atoms with E-state index >= 15 is 0 Å². The normalized spacial score (nSPS) is 10.6. The highest BCUT2D eigenvalue weighted by Gasteiger charge is 2.12. The number of aromatic nitrogens is 2. The van der Waals surface area contributed by atoms with E-state index in [0.717, 1.165) is 31.2 Å². The van der Waals surface area contributed by atoms with Crippen molar-refractivity contribution in [3.05, 3.63) is 25.6 Å². The summed E-state index contributed by atoms with van der Waals surface area (Å²) in [6, 6.07) is 2.06. The van der Waals surface area contributed by atoms with Gasteiger partial charge in [0.05, 0.1) is 15.0 Å². The fraction of sp³-hybridized carbons (Fsp3) is 0.273. The van der Waals surface area contributed by atoms with Crippen molar-refractivity contribution < 1.29 is 0 Å². The molecule has 0 aliphatic carbocycles. The van der Waals surface area contributed by atoms with Gasteiger partial charge in [-0.25, -0.2) is 9.97 Å². The molecule has 0 amide bonds. The Hall–Kier alpha value is -0.460. The van der Waals surface area contributed by atoms with Crippen LogP contribution in [0.5, 0.6) is 0 Å². The average Bonchev–Trinajstić information content (AvgIpc) is 2.63. The zero-order valence-corrected chi connectivity index (χ0v) is 13.6. The molecule has 0 aliphatic rings. The summed E-state index contributed by atoms with van der Waals surface area (Å²) in [7, 11) is 1.85. The fourth-order valence-corrected chi connectivity index (χ4v) is 3.25. The second-order valence-electron chi connectivity index (χ2n) is 3.56. The lowest BCUT2D eigenvalue weighted by atomic mass is 10.3. The van der Waals surface area contributed by atoms with Crippen molar-refractivity contribution in [1.29, 1.82) is 0 Å². The molecule has 2 heterocycles. The Bertz CT molecular complexity index is 547. The minimum atomic E-state index is 0.758. The molecule has 2 aromatic rings. The Kier molecular flexibility index (Phi) is 3.85. The van der Waals surface area contributed by atoms with E-state index in [2.05, 4.69) is 60.1 Å². The molecule has 2 aromatic heterocycles. The van der Waals surface area contributed by atoms with E-state index in [9.17, 15) is 0 Å². The minimum absolute atomic E-state index is 0.758. The molecule has 1 N–H and O–H groups in total. The fourth-order valence-electron chi connectivity index (χ4n) is 1.41. The van der Waals surface area contributed by atoms with E-state index in [4.69, 9.17) is 0 Å². The summed E-state index contributed by atoms with van der Waals surface area (Å²) in [6.45, 7) is 4.04. The first-order valence-electron chi connectivity index (χ1n) is 5.01. The van der Waals surface area contributed by atoms with Crippen LogP contribution in [-0.4, -0.2) is 17.0 Å². The van der Waals surface area contributed by atoms with Gasteiger partial charge < -0.3 is 5.32 Å². The molecular formula is C11H11Br2N3S. The van der Waals surface area contributed by atoms with Crippen LogP contribution in [0.2, 0.25) is 0 Å². The summed E-state index contributed by atoms with van der Waals surface area (Å²) < 4.78 is 2.02. The Balaban J connectivity index is 2.56. The number of nitrogens with one attached hydrogen (secondary N) is 1. The van der Waals surface area contributed by atoms with Gasteiger partial charge >= 0.3 is 0 Å². The zero-order chi connectivity index (χ0) is 12.6. The van der Waals surface area contributed by atoms with Crippen LogP contribution in [0.1, 0.15) is 10.6 Å². The maximum absolute atomic E-state index is 4.50. The third-order valence-corrected chi connectivity index (χ3v) is 5.41. The molecule has 0 fully saturated rings. The molecule has 3 nitrogen and oxygen atoms in total. The van der Waals surface area contributed by atoms with Crippen molar-refractivity contribution in [1.82, 2.24) is 9.97 Å². The number of halogens is 2. The Labute approximate surface area is 121 Å². The zero-order valence-electron chi connectivity index (χ0n) is 9.64. The number of hydrogen-bond acceptors (Lipinski definition) is 4. The molecule has 0 unspecified atom stereocenters. The van der Waals surface area contributed by atoms with Crippen molar-refractivity contribution in [3.8, 4) is 10.7 Å². The van der Waals surface area contributed by atoms with Gasteiger partial charge in [0.2, 0.25) is 0 Å². The predicted molar refractivity (Wildman–Crippen MR) is 79.8 cm³/mol. The maximum atomic E-state index is 4.50. The molecular weight excluding hydrogens is 366 g/mol. The number of rotatable bonds is 2. The Morgan fingerprint density at radius 1 is 1.24 bits per heavy atom. The highest BCUT2D eigenvalue weighted by molar-refractivity contribution is 9.11. The van der Waals surface area contributed by atoms with Crippen molar-refractivity contribution in [2.45, 2.75) is 13.8 Å². The number of hydrogen-bond donors (Lipinski definition) is 1. The van der Waals surface area contributed by atoms with Gasteiger partial charge in [-0.15, -0.1) is 11.3 Å². The topological polar surface area (TPSA) is 37.8 Å². The van der Waals surface area contributed by atoms with Gasteiger partial charge in [0.15, 0.2) is 5.82 Å². The number of anilines is 1. The quantitative estimate of drug-likeness (QED) is 0.844. The lowest BCUT2D eigenvalue weighted by Crippen LogP contribution is -1.99. The van der Waals surface area contributed by atoms with Crippen LogP contribution in [0.25, 0.3) is 10.7 Å². The molecule has 2 rings (SSSR count). The summed E-state index contributed by atoms with van der Waals surface area (Å²) in [5.41, 5.74) is 0.932. The smallest absolute Gasteiger partial charge is 0.171 e. The van der Waals surface area contributed by atoms with Gasteiger partial charge in [0, 0.05) is 16.4 Å². The minimum Gasteiger partial charge on any atom is -0.372 e. The standard InChI is InChI=1S/C11H11Br2N3S/c1-5-9(13)11(14-3)16-10(15-5)8-4-7(12)6(2)17-8/h4H,1-3H3,(H,14,15,16). The van der Waals surface area contributed by atoms with Crippen LogP contribution in [0.4, 0.5) is 5.82 Å². The molecule has 17 heavy (non-hydrogen) atoms. The third-order valence-electron chi connectivity index (χ3n) is 2.33. The third kappa shape index (κ3) is 2.53. The van der Waals surface area contributed by atoms with Crippen LogP contribution in [0.3, 0.4) is 0 Å². The van der Waals surface area contributed by atoms with Gasteiger partial charge in [-0.2, -0.15) is 0 Å². The van der Waals surface area contributed by atoms with E-state index in [1.165, 1.54) is 4.88 Å². The summed E-state index contributed by atoms with van der Waals surface area (Å²) in [6.07, 6.45) is 0. The lowest BCUT2D eigenvalue weighted by molar-refractivity contribution is 1.10. The Morgan fingerprint density at radius 3 is 2.47 bits per heavy atom. The van der Waals surface area contributed by atoms with Gasteiger partial charge in [0.1, 0.15) is 5.82 Å². The van der Waals surface area contributed by atoms with Crippen LogP contribution < -0.4 is 5.32 Å². The molecule has 0 spiro atoms. The summed E-state index contributed by atoms with van der Waals surface area (Å²) >= 11 is 8.67. The van der Waals surface area contributed by atoms with Crippen LogP contribution >= 0.6 is 43.2 Å². The maximum Gasteiger partial charge on any atom is 0.171 e. The monoisotopic (exact) mass is 375 g/mol. The van der Waals surface area contributed by atoms with Crippen LogP contribution in [-0.2, 0) is 0 Å². The predicted octanol–water partition coefficient (Wildman–Crippen LogP) is 4.39. The van der Waals surface area contributed by atoms with E-state index < -0.39 is 0 Å². The largest absolute Gasteiger partial charge is 0.372 e. The van der Waals surface area contributed by atoms with E-state index in [1.54, 1.807) is 11.3 Å². The average molecular weight is 377 g/mol. The van der Waals surface area contributed by atoms with E-state index in [0.29, 0.717) is 0 Å². The number of nitrogens with zero attached hydrogens (tertiary/aromatic N) is 2. The molecule has 90 valence electrons. The Morgan fingerprint density at radius 2 is 1.94 bits per heavy atom. The van der Waals surface area contributed by atoms with Crippen LogP contribution in [0, 0.1) is 13.8 Å². The molecule has 0 aliphatic heterocycles. The van der Waals surface area contributed by atoms with Crippen molar-refractivity contribution >= 4 is 49.0 Å². The van der Waals surface area contributed by atoms with Crippen molar-refractivity contribution in [3.63, 3.8) is 0 Å². The first kappa shape index (κ1) is 13.0. The first-order valence-corrected chi connectivity index (χ1v) is 7.41. The summed E-state index contributed by atoms with van der Waals surface area (Å²) in [5, 5.41) is 3.06. The van der Waals surface area contributed by atoms with Gasteiger partial charge in [0.25, 0.3) is 0 Å². The molecule has 0 saturated heterocycles. The molecule has 0 aromatic carbocycles. The lowest BCUT2D eigenvalue weighted by Gasteiger charge is -2.07. The van der Waals surface area contributed by atoms with Crippen LogP contribution in [0.15, 0.2) is 15.0 Å². The number of thiophene rings is 1. The van der Waals surface area contributed by atoms with Gasteiger partial charge in [-0.3, -0.25) is 0 Å². The molecule has 0 bridgehead atoms. The highest BCUT2D eigenvalue weighted by Crippen LogP contribution is 2.34. The summed E-state index contributed by atoms with van der Waals surface area (Å²) in [4.78, 5) is 11.3. The molecule has 0 atom stereocenters. The van der Waals surface area contributed by atoms with Crippen molar-refractivity contribution in [2.24, 2.45) is 0 Å². The SMILES string of the molecule is CNc1nc(-c2cc(Br)c(C)s2)nc(C)c1Br. The van der Waals surface area contributed by atoms with Crippen molar-refractivity contribution in [2.75, 3.05) is 12.4 Å². The molecule has 0 radical (unpaired) electrons.